The molecule has 0 spiro atoms. The highest BCUT2D eigenvalue weighted by atomic mass is 28.2. The van der Waals surface area contributed by atoms with Crippen molar-refractivity contribution in [2.45, 2.75) is 31.5 Å². The quantitative estimate of drug-likeness (QED) is 0.768. The predicted octanol–water partition coefficient (Wildman–Crippen LogP) is 2.32. The van der Waals surface area contributed by atoms with Crippen LogP contribution < -0.4 is 5.73 Å². The molecular weight excluding hydrogens is 212 g/mol. The molecule has 1 unspecified atom stereocenters. The Balaban J connectivity index is 2.50. The molecule has 15 heavy (non-hydrogen) atoms. The zero-order valence-electron chi connectivity index (χ0n) is 8.76. The molecule has 0 aliphatic rings. The maximum Gasteiger partial charge on any atom is 0.129 e. The lowest BCUT2D eigenvalue weighted by atomic mass is 10.1. The van der Waals surface area contributed by atoms with E-state index in [0.717, 1.165) is 18.5 Å². The van der Waals surface area contributed by atoms with E-state index in [1.54, 1.807) is 0 Å². The van der Waals surface area contributed by atoms with Gasteiger partial charge in [-0.25, -0.2) is 8.78 Å². The molecule has 2 radical (unpaired) electrons. The molecule has 1 atom stereocenters. The van der Waals surface area contributed by atoms with Crippen molar-refractivity contribution in [3.8, 4) is 0 Å². The zero-order valence-corrected chi connectivity index (χ0v) is 9.76. The Morgan fingerprint density at radius 3 is 2.73 bits per heavy atom. The number of benzene rings is 1. The first-order chi connectivity index (χ1) is 7.13. The normalized spacial score (nSPS) is 12.8. The van der Waals surface area contributed by atoms with Gasteiger partial charge in [0, 0.05) is 6.07 Å². The van der Waals surface area contributed by atoms with Crippen molar-refractivity contribution in [2.24, 2.45) is 5.73 Å². The summed E-state index contributed by atoms with van der Waals surface area (Å²) in [7, 11) is 0.716. The largest absolute Gasteiger partial charge is 0.331 e. The molecule has 1 nitrogen and oxygen atoms in total. The highest BCUT2D eigenvalue weighted by Crippen LogP contribution is 2.12. The molecule has 0 saturated heterocycles. The summed E-state index contributed by atoms with van der Waals surface area (Å²) in [5.74, 6) is -1.00. The zero-order chi connectivity index (χ0) is 11.3. The van der Waals surface area contributed by atoms with E-state index >= 15 is 0 Å². The maximum absolute atomic E-state index is 13.2. The molecule has 1 rings (SSSR count). The van der Waals surface area contributed by atoms with Crippen LogP contribution in [0.3, 0.4) is 0 Å². The van der Waals surface area contributed by atoms with Crippen LogP contribution in [0.4, 0.5) is 8.78 Å². The molecule has 1 aromatic rings. The maximum atomic E-state index is 13.2. The smallest absolute Gasteiger partial charge is 0.129 e. The van der Waals surface area contributed by atoms with Crippen molar-refractivity contribution in [2.75, 3.05) is 0 Å². The summed E-state index contributed by atoms with van der Waals surface area (Å²) in [4.78, 5) is 0. The van der Waals surface area contributed by atoms with E-state index < -0.39 is 11.6 Å². The van der Waals surface area contributed by atoms with Gasteiger partial charge in [-0.05, 0) is 30.1 Å². The lowest BCUT2D eigenvalue weighted by Gasteiger charge is -2.09. The molecule has 0 saturated carbocycles. The molecule has 0 aliphatic carbocycles. The minimum atomic E-state index is -0.531. The van der Waals surface area contributed by atoms with Crippen molar-refractivity contribution < 1.29 is 8.78 Å². The summed E-state index contributed by atoms with van der Waals surface area (Å²) in [5, 5.41) is 0. The van der Waals surface area contributed by atoms with Crippen LogP contribution in [0.5, 0.6) is 0 Å². The molecule has 0 aliphatic heterocycles. The second kappa shape index (κ2) is 5.98. The second-order valence-corrected chi connectivity index (χ2v) is 5.30. The monoisotopic (exact) mass is 227 g/mol. The minimum absolute atomic E-state index is 0.138. The summed E-state index contributed by atoms with van der Waals surface area (Å²) in [5.41, 5.74) is 6.52. The molecule has 0 fully saturated rings. The standard InChI is InChI=1S/C11H15F2NSi/c1-2-15-11(14)6-4-8-3-5-9(12)7-10(8)13/h3,5,7,11H,2,4,6,14H2,1H3. The molecule has 4 heteroatoms. The minimum Gasteiger partial charge on any atom is -0.331 e. The van der Waals surface area contributed by atoms with Gasteiger partial charge in [-0.3, -0.25) is 0 Å². The Kier molecular flexibility index (Phi) is 4.91. The molecule has 82 valence electrons. The molecule has 0 heterocycles. The number of halogens is 2. The van der Waals surface area contributed by atoms with Crippen LogP contribution in [0.1, 0.15) is 18.9 Å². The average Bonchev–Trinajstić information content (AvgIpc) is 2.17. The topological polar surface area (TPSA) is 26.0 Å². The Morgan fingerprint density at radius 2 is 2.13 bits per heavy atom. The molecular formula is C11H15F2NSi. The van der Waals surface area contributed by atoms with E-state index in [4.69, 9.17) is 5.73 Å². The van der Waals surface area contributed by atoms with Gasteiger partial charge in [0.2, 0.25) is 0 Å². The van der Waals surface area contributed by atoms with Crippen LogP contribution in [0.25, 0.3) is 0 Å². The van der Waals surface area contributed by atoms with Crippen LogP contribution in [0, 0.1) is 11.6 Å². The van der Waals surface area contributed by atoms with Gasteiger partial charge in [-0.15, -0.1) is 0 Å². The first-order valence-electron chi connectivity index (χ1n) is 5.06. The lowest BCUT2D eigenvalue weighted by Crippen LogP contribution is -2.27. The summed E-state index contributed by atoms with van der Waals surface area (Å²) in [6, 6.07) is 4.76. The number of hydrogen-bond donors (Lipinski definition) is 1. The van der Waals surface area contributed by atoms with Crippen LogP contribution in [-0.4, -0.2) is 15.2 Å². The second-order valence-electron chi connectivity index (χ2n) is 3.44. The number of rotatable bonds is 5. The summed E-state index contributed by atoms with van der Waals surface area (Å²) >= 11 is 0. The number of aryl methyl sites for hydroxylation is 1. The van der Waals surface area contributed by atoms with E-state index in [1.165, 1.54) is 12.1 Å². The molecule has 0 amide bonds. The Labute approximate surface area is 91.5 Å². The fourth-order valence-corrected chi connectivity index (χ4v) is 2.27. The predicted molar refractivity (Wildman–Crippen MR) is 58.9 cm³/mol. The third-order valence-corrected chi connectivity index (χ3v) is 3.43. The van der Waals surface area contributed by atoms with E-state index in [0.29, 0.717) is 21.5 Å². The Hall–Kier alpha value is -0.743. The van der Waals surface area contributed by atoms with Crippen molar-refractivity contribution >= 4 is 9.52 Å². The number of nitrogens with two attached hydrogens (primary N) is 1. The average molecular weight is 227 g/mol. The van der Waals surface area contributed by atoms with Crippen LogP contribution >= 0.6 is 0 Å². The van der Waals surface area contributed by atoms with Gasteiger partial charge in [0.05, 0.1) is 9.52 Å². The molecule has 0 aromatic heterocycles. The number of hydrogen-bond acceptors (Lipinski definition) is 1. The third-order valence-electron chi connectivity index (χ3n) is 2.21. The SMILES string of the molecule is CC[Si]C(N)CCc1ccc(F)cc1F. The molecule has 1 aromatic carbocycles. The molecule has 2 N–H and O–H groups in total. The van der Waals surface area contributed by atoms with Gasteiger partial charge >= 0.3 is 0 Å². The lowest BCUT2D eigenvalue weighted by molar-refractivity contribution is 0.568. The van der Waals surface area contributed by atoms with E-state index in [9.17, 15) is 8.78 Å². The van der Waals surface area contributed by atoms with E-state index in [2.05, 4.69) is 6.92 Å². The summed E-state index contributed by atoms with van der Waals surface area (Å²) in [6.07, 6.45) is 1.34. The Morgan fingerprint density at radius 1 is 1.40 bits per heavy atom. The van der Waals surface area contributed by atoms with Crippen molar-refractivity contribution in [1.82, 2.24) is 0 Å². The fourth-order valence-electron chi connectivity index (χ4n) is 1.40. The van der Waals surface area contributed by atoms with Gasteiger partial charge in [0.15, 0.2) is 0 Å². The third kappa shape index (κ3) is 4.09. The van der Waals surface area contributed by atoms with Crippen molar-refractivity contribution in [1.29, 1.82) is 0 Å². The highest BCUT2D eigenvalue weighted by Gasteiger charge is 2.07. The fraction of sp³-hybridized carbons (Fsp3) is 0.455. The van der Waals surface area contributed by atoms with Crippen LogP contribution in [0.2, 0.25) is 6.04 Å². The van der Waals surface area contributed by atoms with E-state index in [1.807, 2.05) is 0 Å². The molecule has 0 bridgehead atoms. The summed E-state index contributed by atoms with van der Waals surface area (Å²) < 4.78 is 25.8. The Bertz CT molecular complexity index is 317. The highest BCUT2D eigenvalue weighted by molar-refractivity contribution is 6.37. The van der Waals surface area contributed by atoms with Gasteiger partial charge < -0.3 is 5.73 Å². The van der Waals surface area contributed by atoms with Crippen LogP contribution in [0.15, 0.2) is 18.2 Å². The van der Waals surface area contributed by atoms with Gasteiger partial charge in [-0.1, -0.05) is 19.0 Å². The van der Waals surface area contributed by atoms with E-state index in [-0.39, 0.29) is 5.67 Å². The van der Waals surface area contributed by atoms with Gasteiger partial charge in [0.1, 0.15) is 11.6 Å². The van der Waals surface area contributed by atoms with Crippen molar-refractivity contribution in [3.05, 3.63) is 35.4 Å². The van der Waals surface area contributed by atoms with Crippen LogP contribution in [-0.2, 0) is 6.42 Å². The summed E-state index contributed by atoms with van der Waals surface area (Å²) in [6.45, 7) is 2.08. The van der Waals surface area contributed by atoms with Gasteiger partial charge in [0.25, 0.3) is 0 Å². The van der Waals surface area contributed by atoms with Gasteiger partial charge in [-0.2, -0.15) is 0 Å². The van der Waals surface area contributed by atoms with Crippen molar-refractivity contribution in [3.63, 3.8) is 0 Å². The first-order valence-corrected chi connectivity index (χ1v) is 6.34. The first kappa shape index (κ1) is 12.3.